The van der Waals surface area contributed by atoms with Crippen LogP contribution >= 0.6 is 0 Å². The smallest absolute Gasteiger partial charge is 0.411 e. The van der Waals surface area contributed by atoms with Crippen molar-refractivity contribution in [3.63, 3.8) is 0 Å². The average molecular weight is 323 g/mol. The fraction of sp³-hybridized carbons (Fsp3) is 0.312. The lowest BCUT2D eigenvalue weighted by Crippen LogP contribution is -2.63. The molecular formula is C16H16F3N3O. The number of rotatable bonds is 3. The van der Waals surface area contributed by atoms with Gasteiger partial charge in [-0.15, -0.1) is 0 Å². The molecule has 1 saturated heterocycles. The fourth-order valence-electron chi connectivity index (χ4n) is 2.90. The van der Waals surface area contributed by atoms with Crippen LogP contribution in [0.25, 0.3) is 0 Å². The molecule has 0 bridgehead atoms. The Morgan fingerprint density at radius 3 is 2.52 bits per heavy atom. The summed E-state index contributed by atoms with van der Waals surface area (Å²) in [6, 6.07) is 9.36. The Bertz CT molecular complexity index is 720. The molecule has 0 amide bonds. The van der Waals surface area contributed by atoms with E-state index in [0.29, 0.717) is 6.54 Å². The number of likely N-dealkylation sites (tertiary alicyclic amines) is 1. The number of ether oxygens (including phenoxy) is 1. The van der Waals surface area contributed by atoms with E-state index < -0.39 is 11.7 Å². The van der Waals surface area contributed by atoms with E-state index in [1.807, 2.05) is 0 Å². The zero-order chi connectivity index (χ0) is 16.7. The lowest BCUT2D eigenvalue weighted by molar-refractivity contribution is -0.267. The molecule has 1 atom stereocenters. The second-order valence-corrected chi connectivity index (χ2v) is 5.53. The second-order valence-electron chi connectivity index (χ2n) is 5.53. The molecule has 122 valence electrons. The first-order valence-corrected chi connectivity index (χ1v) is 7.12. The number of nitrogens with two attached hydrogens (primary N) is 1. The molecule has 2 aromatic rings. The fourth-order valence-corrected chi connectivity index (χ4v) is 2.90. The summed E-state index contributed by atoms with van der Waals surface area (Å²) >= 11 is 0. The molecule has 2 N–H and O–H groups in total. The minimum absolute atomic E-state index is 0.00886. The predicted molar refractivity (Wildman–Crippen MR) is 80.1 cm³/mol. The van der Waals surface area contributed by atoms with Gasteiger partial charge in [0.2, 0.25) is 5.88 Å². The van der Waals surface area contributed by atoms with Gasteiger partial charge in [0.1, 0.15) is 11.3 Å². The molecule has 1 aliphatic heterocycles. The Hall–Kier alpha value is -2.28. The van der Waals surface area contributed by atoms with Crippen molar-refractivity contribution in [2.45, 2.75) is 18.1 Å². The first kappa shape index (κ1) is 15.6. The van der Waals surface area contributed by atoms with Gasteiger partial charge in [-0.3, -0.25) is 4.90 Å². The summed E-state index contributed by atoms with van der Waals surface area (Å²) in [5.41, 5.74) is 4.08. The molecule has 2 heterocycles. The molecule has 1 fully saturated rings. The SMILES string of the molecule is CN1CCC1(c1ccccc1Oc1ncccc1N)C(F)(F)F. The maximum absolute atomic E-state index is 13.8. The zero-order valence-corrected chi connectivity index (χ0v) is 12.5. The largest absolute Gasteiger partial charge is 0.437 e. The minimum Gasteiger partial charge on any atom is -0.437 e. The Kier molecular flexibility index (Phi) is 3.68. The van der Waals surface area contributed by atoms with E-state index in [1.165, 1.54) is 30.3 Å². The molecule has 0 spiro atoms. The van der Waals surface area contributed by atoms with Crippen molar-refractivity contribution in [3.8, 4) is 11.6 Å². The van der Waals surface area contributed by atoms with Crippen molar-refractivity contribution >= 4 is 5.69 Å². The van der Waals surface area contributed by atoms with Gasteiger partial charge in [-0.05, 0) is 31.7 Å². The van der Waals surface area contributed by atoms with Crippen molar-refractivity contribution in [1.82, 2.24) is 9.88 Å². The molecule has 1 aliphatic rings. The minimum atomic E-state index is -4.41. The topological polar surface area (TPSA) is 51.4 Å². The van der Waals surface area contributed by atoms with Gasteiger partial charge in [0.15, 0.2) is 0 Å². The number of nitrogens with zero attached hydrogens (tertiary/aromatic N) is 2. The number of para-hydroxylation sites is 1. The monoisotopic (exact) mass is 323 g/mol. The van der Waals surface area contributed by atoms with Crippen LogP contribution in [0.4, 0.5) is 18.9 Å². The van der Waals surface area contributed by atoms with Crippen molar-refractivity contribution in [1.29, 1.82) is 0 Å². The number of alkyl halides is 3. The quantitative estimate of drug-likeness (QED) is 0.938. The highest BCUT2D eigenvalue weighted by molar-refractivity contribution is 5.51. The lowest BCUT2D eigenvalue weighted by atomic mass is 9.77. The highest BCUT2D eigenvalue weighted by Gasteiger charge is 2.64. The molecule has 23 heavy (non-hydrogen) atoms. The van der Waals surface area contributed by atoms with Gasteiger partial charge in [0.05, 0.1) is 5.69 Å². The summed E-state index contributed by atoms with van der Waals surface area (Å²) in [5, 5.41) is 0. The van der Waals surface area contributed by atoms with Crippen LogP contribution in [0.3, 0.4) is 0 Å². The van der Waals surface area contributed by atoms with Crippen LogP contribution in [-0.2, 0) is 5.54 Å². The Morgan fingerprint density at radius 2 is 1.96 bits per heavy atom. The number of aromatic nitrogens is 1. The number of nitrogen functional groups attached to an aromatic ring is 1. The molecule has 1 aromatic heterocycles. The summed E-state index contributed by atoms with van der Waals surface area (Å²) in [7, 11) is 1.46. The van der Waals surface area contributed by atoms with Crippen LogP contribution in [0.2, 0.25) is 0 Å². The number of benzene rings is 1. The van der Waals surface area contributed by atoms with Gasteiger partial charge in [-0.2, -0.15) is 13.2 Å². The van der Waals surface area contributed by atoms with E-state index in [4.69, 9.17) is 10.5 Å². The Labute approximate surface area is 131 Å². The van der Waals surface area contributed by atoms with Gasteiger partial charge in [0, 0.05) is 18.3 Å². The van der Waals surface area contributed by atoms with Crippen molar-refractivity contribution in [2.24, 2.45) is 0 Å². The van der Waals surface area contributed by atoms with Gasteiger partial charge < -0.3 is 10.5 Å². The van der Waals surface area contributed by atoms with Gasteiger partial charge in [-0.1, -0.05) is 18.2 Å². The highest BCUT2D eigenvalue weighted by Crippen LogP contribution is 2.54. The molecule has 1 aromatic carbocycles. The van der Waals surface area contributed by atoms with Gasteiger partial charge in [-0.25, -0.2) is 4.98 Å². The number of hydrogen-bond donors (Lipinski definition) is 1. The van der Waals surface area contributed by atoms with E-state index in [1.54, 1.807) is 24.3 Å². The summed E-state index contributed by atoms with van der Waals surface area (Å²) in [6.07, 6.45) is -2.94. The molecule has 0 aliphatic carbocycles. The van der Waals surface area contributed by atoms with Crippen LogP contribution in [0, 0.1) is 0 Å². The van der Waals surface area contributed by atoms with Crippen LogP contribution < -0.4 is 10.5 Å². The summed E-state index contributed by atoms with van der Waals surface area (Å²) < 4.78 is 46.9. The van der Waals surface area contributed by atoms with Crippen molar-refractivity contribution < 1.29 is 17.9 Å². The third-order valence-electron chi connectivity index (χ3n) is 4.27. The average Bonchev–Trinajstić information content (AvgIpc) is 2.49. The molecule has 0 saturated carbocycles. The molecule has 7 heteroatoms. The first-order valence-electron chi connectivity index (χ1n) is 7.12. The Balaban J connectivity index is 2.06. The van der Waals surface area contributed by atoms with Crippen molar-refractivity contribution in [3.05, 3.63) is 48.2 Å². The molecule has 3 rings (SSSR count). The molecule has 4 nitrogen and oxygen atoms in total. The van der Waals surface area contributed by atoms with E-state index in [0.717, 1.165) is 0 Å². The molecule has 1 unspecified atom stereocenters. The molecule has 0 radical (unpaired) electrons. The third kappa shape index (κ3) is 2.41. The Morgan fingerprint density at radius 1 is 1.22 bits per heavy atom. The van der Waals surface area contributed by atoms with E-state index in [2.05, 4.69) is 4.98 Å². The number of hydrogen-bond acceptors (Lipinski definition) is 4. The maximum atomic E-state index is 13.8. The summed E-state index contributed by atoms with van der Waals surface area (Å²) in [4.78, 5) is 5.27. The van der Waals surface area contributed by atoms with Crippen LogP contribution in [0.5, 0.6) is 11.6 Å². The van der Waals surface area contributed by atoms with E-state index >= 15 is 0 Å². The zero-order valence-electron chi connectivity index (χ0n) is 12.5. The molecular weight excluding hydrogens is 307 g/mol. The van der Waals surface area contributed by atoms with Crippen molar-refractivity contribution in [2.75, 3.05) is 19.3 Å². The normalized spacial score (nSPS) is 21.7. The van der Waals surface area contributed by atoms with Gasteiger partial charge in [0.25, 0.3) is 0 Å². The van der Waals surface area contributed by atoms with Crippen LogP contribution in [0.15, 0.2) is 42.6 Å². The standard InChI is InChI=1S/C16H16F3N3O/c1-22-10-8-15(22,16(17,18)19)11-5-2-3-7-13(11)23-14-12(20)6-4-9-21-14/h2-7,9H,8,10,20H2,1H3. The summed E-state index contributed by atoms with van der Waals surface area (Å²) in [5.74, 6) is 0.209. The predicted octanol–water partition coefficient (Wildman–Crippen LogP) is 3.55. The number of anilines is 1. The first-order chi connectivity index (χ1) is 10.9. The number of pyridine rings is 1. The van der Waals surface area contributed by atoms with Crippen LogP contribution in [-0.4, -0.2) is 29.7 Å². The lowest BCUT2D eigenvalue weighted by Gasteiger charge is -2.52. The summed E-state index contributed by atoms with van der Waals surface area (Å²) in [6.45, 7) is 0.375. The van der Waals surface area contributed by atoms with Gasteiger partial charge >= 0.3 is 6.18 Å². The van der Waals surface area contributed by atoms with Crippen LogP contribution in [0.1, 0.15) is 12.0 Å². The third-order valence-corrected chi connectivity index (χ3v) is 4.27. The van der Waals surface area contributed by atoms with E-state index in [9.17, 15) is 13.2 Å². The second kappa shape index (κ2) is 5.42. The highest BCUT2D eigenvalue weighted by atomic mass is 19.4. The van der Waals surface area contributed by atoms with E-state index in [-0.39, 0.29) is 29.3 Å². The number of halogens is 3. The maximum Gasteiger partial charge on any atom is 0.411 e.